The van der Waals surface area contributed by atoms with Gasteiger partial charge in [0.25, 0.3) is 5.91 Å². The zero-order valence-corrected chi connectivity index (χ0v) is 34.8. The predicted octanol–water partition coefficient (Wildman–Crippen LogP) is 6.63. The maximum absolute atomic E-state index is 13.3. The highest BCUT2D eigenvalue weighted by atomic mass is 32.1. The summed E-state index contributed by atoms with van der Waals surface area (Å²) in [6, 6.07) is 16.0. The molecule has 0 unspecified atom stereocenters. The molecule has 14 nitrogen and oxygen atoms in total. The Hall–Kier alpha value is -5.13. The van der Waals surface area contributed by atoms with Gasteiger partial charge in [0.2, 0.25) is 0 Å². The number of phenolic OH excluding ortho intramolecular Hbond substituents is 1. The number of aliphatic hydroxyl groups excluding tert-OH is 1. The lowest BCUT2D eigenvalue weighted by Crippen LogP contribution is -2.58. The highest BCUT2D eigenvalue weighted by Gasteiger charge is 2.42. The number of thiazole rings is 2. The third-order valence-electron chi connectivity index (χ3n) is 10.1. The van der Waals surface area contributed by atoms with Crippen LogP contribution in [0.2, 0.25) is 0 Å². The van der Waals surface area contributed by atoms with Crippen LogP contribution >= 0.6 is 22.7 Å². The fourth-order valence-electron chi connectivity index (χ4n) is 6.98. The normalized spacial score (nSPS) is 16.1. The number of aliphatic hydroxyl groups is 1. The van der Waals surface area contributed by atoms with Crippen molar-refractivity contribution in [3.63, 3.8) is 0 Å². The van der Waals surface area contributed by atoms with Gasteiger partial charge in [-0.25, -0.2) is 14.6 Å². The van der Waals surface area contributed by atoms with Gasteiger partial charge in [0.15, 0.2) is 0 Å². The first-order chi connectivity index (χ1) is 29.1. The molecule has 0 saturated carbocycles. The summed E-state index contributed by atoms with van der Waals surface area (Å²) >= 11 is 2.55. The molecule has 3 aromatic carbocycles. The van der Waals surface area contributed by atoms with Crippen LogP contribution in [-0.2, 0) is 27.4 Å². The smallest absolute Gasteiger partial charge is 0.490 e. The maximum Gasteiger partial charge on any atom is 0.490 e. The number of rotatable bonds is 9. The van der Waals surface area contributed by atoms with Crippen molar-refractivity contribution in [2.75, 3.05) is 39.3 Å². The summed E-state index contributed by atoms with van der Waals surface area (Å²) in [6.45, 7) is 9.45. The first kappa shape index (κ1) is 47.9. The van der Waals surface area contributed by atoms with Gasteiger partial charge >= 0.3 is 29.2 Å². The summed E-state index contributed by atoms with van der Waals surface area (Å²) in [4.78, 5) is 54.4. The number of halogens is 6. The van der Waals surface area contributed by atoms with Gasteiger partial charge in [0.05, 0.1) is 34.6 Å². The second kappa shape index (κ2) is 19.9. The Morgan fingerprint density at radius 2 is 1.53 bits per heavy atom. The zero-order chi connectivity index (χ0) is 45.6. The fourth-order valence-corrected chi connectivity index (χ4v) is 8.71. The van der Waals surface area contributed by atoms with E-state index < -0.39 is 30.4 Å². The number of benzene rings is 3. The van der Waals surface area contributed by atoms with Gasteiger partial charge in [-0.05, 0) is 40.8 Å². The number of piperidine rings is 1. The van der Waals surface area contributed by atoms with Crippen molar-refractivity contribution in [3.05, 3.63) is 91.0 Å². The number of ether oxygens (including phenoxy) is 1. The van der Waals surface area contributed by atoms with Crippen molar-refractivity contribution in [2.45, 2.75) is 69.8 Å². The van der Waals surface area contributed by atoms with Crippen molar-refractivity contribution in [2.24, 2.45) is 0 Å². The van der Waals surface area contributed by atoms with E-state index in [0.29, 0.717) is 60.2 Å². The maximum atomic E-state index is 13.3. The standard InChI is InChI=1S/C36H41N5O5S2.2C2HF3O2/c1-22(2)33-38-28(20-47-33)34(44)41-15-16-46-36(21-41)11-13-40(14-12-36)19-24-6-4-7-25-23(5-3-8-26(24)25)17-37-18-30(43)27-9-10-29(42)31-32(27)48-35(45)39-31;2*3-2(4,5)1(6)7/h3-10,20,22,30,37,42-43H,11-19,21H2,1-2H3,(H,39,45);2*(H,6,7)/t30-;;/m0../s1. The summed E-state index contributed by atoms with van der Waals surface area (Å²) in [5.41, 5.74) is 3.62. The Morgan fingerprint density at radius 1 is 0.935 bits per heavy atom. The van der Waals surface area contributed by atoms with Gasteiger partial charge in [-0.3, -0.25) is 14.5 Å². The number of hydrogen-bond donors (Lipinski definition) is 6. The number of fused-ring (bicyclic) bond motifs is 2. The number of aromatic amines is 1. The number of alkyl halides is 6. The lowest BCUT2D eigenvalue weighted by atomic mass is 9.88. The molecule has 62 heavy (non-hydrogen) atoms. The molecule has 2 aliphatic rings. The zero-order valence-electron chi connectivity index (χ0n) is 33.2. The Labute approximate surface area is 357 Å². The number of likely N-dealkylation sites (tertiary alicyclic amines) is 1. The van der Waals surface area contributed by atoms with E-state index in [-0.39, 0.29) is 22.1 Å². The monoisotopic (exact) mass is 915 g/mol. The Bertz CT molecular complexity index is 2400. The molecule has 2 fully saturated rings. The van der Waals surface area contributed by atoms with Crippen LogP contribution in [0, 0.1) is 0 Å². The number of amides is 1. The highest BCUT2D eigenvalue weighted by Crippen LogP contribution is 2.34. The molecule has 2 saturated heterocycles. The number of nitrogens with zero attached hydrogens (tertiary/aromatic N) is 3. The Balaban J connectivity index is 0.000000448. The number of carbonyl (C=O) groups excluding carboxylic acids is 1. The minimum absolute atomic E-state index is 0.00365. The number of carbonyl (C=O) groups is 3. The predicted molar refractivity (Wildman–Crippen MR) is 217 cm³/mol. The molecule has 1 amide bonds. The van der Waals surface area contributed by atoms with Crippen LogP contribution in [0.1, 0.15) is 70.9 Å². The van der Waals surface area contributed by atoms with Crippen LogP contribution in [0.3, 0.4) is 0 Å². The molecule has 0 aliphatic carbocycles. The number of carboxylic acids is 2. The molecular weight excluding hydrogens is 873 g/mol. The molecule has 22 heteroatoms. The van der Waals surface area contributed by atoms with E-state index in [1.807, 2.05) is 10.3 Å². The van der Waals surface area contributed by atoms with Crippen LogP contribution in [0.5, 0.6) is 5.75 Å². The van der Waals surface area contributed by atoms with Gasteiger partial charge in [-0.1, -0.05) is 67.6 Å². The number of H-pyrrole nitrogens is 1. The van der Waals surface area contributed by atoms with Gasteiger partial charge in [0.1, 0.15) is 17.0 Å². The minimum Gasteiger partial charge on any atom is -0.506 e. The van der Waals surface area contributed by atoms with Gasteiger partial charge in [-0.15, -0.1) is 11.3 Å². The van der Waals surface area contributed by atoms with Crippen LogP contribution in [0.25, 0.3) is 21.0 Å². The van der Waals surface area contributed by atoms with Crippen molar-refractivity contribution >= 4 is 61.5 Å². The largest absolute Gasteiger partial charge is 0.506 e. The van der Waals surface area contributed by atoms with E-state index in [1.165, 1.54) is 22.4 Å². The number of carboxylic acid groups (broad SMARTS) is 2. The molecular formula is C40H43F6N5O9S2. The molecule has 0 bridgehead atoms. The number of morpholine rings is 1. The van der Waals surface area contributed by atoms with Crippen molar-refractivity contribution in [1.29, 1.82) is 0 Å². The number of hydrogen-bond acceptors (Lipinski definition) is 12. The van der Waals surface area contributed by atoms with Crippen LogP contribution in [-0.4, -0.2) is 115 Å². The lowest BCUT2D eigenvalue weighted by Gasteiger charge is -2.47. The molecule has 6 N–H and O–H groups in total. The molecule has 2 aliphatic heterocycles. The van der Waals surface area contributed by atoms with E-state index in [0.717, 1.165) is 54.4 Å². The molecule has 5 aromatic rings. The lowest BCUT2D eigenvalue weighted by molar-refractivity contribution is -0.193. The van der Waals surface area contributed by atoms with Crippen LogP contribution < -0.4 is 10.2 Å². The Kier molecular flexibility index (Phi) is 15.4. The average Bonchev–Trinajstić information content (AvgIpc) is 3.87. The summed E-state index contributed by atoms with van der Waals surface area (Å²) in [5, 5.41) is 44.0. The average molecular weight is 916 g/mol. The van der Waals surface area contributed by atoms with E-state index in [9.17, 15) is 46.1 Å². The molecule has 0 radical (unpaired) electrons. The molecule has 7 rings (SSSR count). The van der Waals surface area contributed by atoms with E-state index in [4.69, 9.17) is 24.5 Å². The first-order valence-corrected chi connectivity index (χ1v) is 20.7. The van der Waals surface area contributed by atoms with Crippen LogP contribution in [0.15, 0.2) is 58.7 Å². The summed E-state index contributed by atoms with van der Waals surface area (Å²) in [5.74, 6) is -5.20. The molecule has 4 heterocycles. The van der Waals surface area contributed by atoms with Crippen molar-refractivity contribution in [1.82, 2.24) is 25.1 Å². The molecule has 2 aromatic heterocycles. The van der Waals surface area contributed by atoms with Gasteiger partial charge in [-0.2, -0.15) is 26.3 Å². The van der Waals surface area contributed by atoms with Gasteiger partial charge in [0, 0.05) is 56.1 Å². The number of aliphatic carboxylic acids is 2. The number of aromatic hydroxyl groups is 1. The first-order valence-electron chi connectivity index (χ1n) is 19.0. The molecule has 1 spiro atoms. The molecule has 336 valence electrons. The summed E-state index contributed by atoms with van der Waals surface area (Å²) < 4.78 is 70.4. The summed E-state index contributed by atoms with van der Waals surface area (Å²) in [6.07, 6.45) is -9.25. The summed E-state index contributed by atoms with van der Waals surface area (Å²) in [7, 11) is 0. The highest BCUT2D eigenvalue weighted by molar-refractivity contribution is 7.16. The SMILES string of the molecule is CC(C)c1nc(C(=O)N2CCOC3(CCN(Cc4cccc5c(CNC[C@H](O)c6ccc(O)c7[nH]c(=O)sc67)cccc45)CC3)C2)cs1.O=C(O)C(F)(F)F.O=C(O)C(F)(F)F. The quantitative estimate of drug-likeness (QED) is 0.0863. The second-order valence-electron chi connectivity index (χ2n) is 14.8. The fraction of sp³-hybridized carbons (Fsp3) is 0.425. The molecule has 1 atom stereocenters. The third-order valence-corrected chi connectivity index (χ3v) is 12.2. The third kappa shape index (κ3) is 12.1. The van der Waals surface area contributed by atoms with Crippen LogP contribution in [0.4, 0.5) is 26.3 Å². The van der Waals surface area contributed by atoms with E-state index >= 15 is 0 Å². The van der Waals surface area contributed by atoms with E-state index in [1.54, 1.807) is 17.4 Å². The minimum atomic E-state index is -5.08. The number of aromatic nitrogens is 2. The van der Waals surface area contributed by atoms with Crippen molar-refractivity contribution < 1.29 is 65.9 Å². The Morgan fingerprint density at radius 3 is 2.11 bits per heavy atom. The van der Waals surface area contributed by atoms with Crippen molar-refractivity contribution in [3.8, 4) is 5.75 Å². The van der Waals surface area contributed by atoms with E-state index in [2.05, 4.69) is 70.4 Å². The topological polar surface area (TPSA) is 206 Å². The second-order valence-corrected chi connectivity index (χ2v) is 16.7. The number of phenols is 1. The number of nitrogens with one attached hydrogen (secondary N) is 2. The van der Waals surface area contributed by atoms with Gasteiger partial charge < -0.3 is 40.4 Å².